The molecule has 0 saturated carbocycles. The fourth-order valence-electron chi connectivity index (χ4n) is 4.88. The highest BCUT2D eigenvalue weighted by atomic mass is 14.5. The fraction of sp³-hybridized carbons (Fsp3) is 0.360. The predicted molar refractivity (Wildman–Crippen MR) is 109 cm³/mol. The molecule has 1 unspecified atom stereocenters. The molecule has 25 heavy (non-hydrogen) atoms. The van der Waals surface area contributed by atoms with E-state index in [2.05, 4.69) is 108 Å². The Morgan fingerprint density at radius 2 is 1.16 bits per heavy atom. The monoisotopic (exact) mass is 330 g/mol. The zero-order valence-electron chi connectivity index (χ0n) is 16.4. The van der Waals surface area contributed by atoms with E-state index in [1.54, 1.807) is 5.57 Å². The SMILES string of the molecule is CC1=CC(C)C(C(c2ccccc2)(c2ccccc2)C(C)(C)C)=C1C. The van der Waals surface area contributed by atoms with Gasteiger partial charge in [-0.25, -0.2) is 0 Å². The van der Waals surface area contributed by atoms with Crippen molar-refractivity contribution in [3.05, 3.63) is 94.6 Å². The van der Waals surface area contributed by atoms with Crippen LogP contribution >= 0.6 is 0 Å². The van der Waals surface area contributed by atoms with Crippen LogP contribution in [-0.2, 0) is 5.41 Å². The average Bonchev–Trinajstić information content (AvgIpc) is 2.83. The van der Waals surface area contributed by atoms with E-state index < -0.39 is 0 Å². The van der Waals surface area contributed by atoms with Gasteiger partial charge in [0.2, 0.25) is 0 Å². The molecule has 130 valence electrons. The van der Waals surface area contributed by atoms with Gasteiger partial charge in [-0.15, -0.1) is 0 Å². The Labute approximate surface area is 153 Å². The Balaban J connectivity index is 2.44. The summed E-state index contributed by atoms with van der Waals surface area (Å²) in [7, 11) is 0. The first-order valence-corrected chi connectivity index (χ1v) is 9.31. The Bertz CT molecular complexity index is 759. The van der Waals surface area contributed by atoms with E-state index in [0.717, 1.165) is 0 Å². The molecule has 3 rings (SSSR count). The van der Waals surface area contributed by atoms with Crippen molar-refractivity contribution in [2.75, 3.05) is 0 Å². The standard InChI is InChI=1S/C25H30/c1-18-17-19(2)23(20(18)3)25(24(4,5)6,21-13-9-7-10-14-21)22-15-11-8-12-16-22/h7-17,19H,1-6H3. The molecule has 0 amide bonds. The van der Waals surface area contributed by atoms with Crippen LogP contribution in [0.3, 0.4) is 0 Å². The van der Waals surface area contributed by atoms with Crippen LogP contribution < -0.4 is 0 Å². The van der Waals surface area contributed by atoms with Crippen LogP contribution in [0.2, 0.25) is 0 Å². The van der Waals surface area contributed by atoms with Crippen LogP contribution in [0, 0.1) is 11.3 Å². The summed E-state index contributed by atoms with van der Waals surface area (Å²) in [5.74, 6) is 0.444. The van der Waals surface area contributed by atoms with Crippen molar-refractivity contribution in [1.29, 1.82) is 0 Å². The molecule has 0 heterocycles. The molecule has 0 fully saturated rings. The minimum atomic E-state index is -0.146. The normalized spacial score (nSPS) is 18.5. The second kappa shape index (κ2) is 6.33. The Kier molecular flexibility index (Phi) is 4.49. The van der Waals surface area contributed by atoms with Crippen molar-refractivity contribution in [2.45, 2.75) is 47.0 Å². The Hall–Kier alpha value is -2.08. The Morgan fingerprint density at radius 3 is 1.48 bits per heavy atom. The number of hydrogen-bond acceptors (Lipinski definition) is 0. The van der Waals surface area contributed by atoms with Gasteiger partial charge in [0.1, 0.15) is 0 Å². The van der Waals surface area contributed by atoms with E-state index in [0.29, 0.717) is 5.92 Å². The lowest BCUT2D eigenvalue weighted by atomic mass is 9.53. The first-order valence-electron chi connectivity index (χ1n) is 9.31. The summed E-state index contributed by atoms with van der Waals surface area (Å²) in [6, 6.07) is 22.2. The highest BCUT2D eigenvalue weighted by molar-refractivity contribution is 5.58. The maximum Gasteiger partial charge on any atom is 0.0470 e. The molecule has 1 atom stereocenters. The molecular formula is C25H30. The van der Waals surface area contributed by atoms with Gasteiger partial charge in [0.05, 0.1) is 0 Å². The minimum absolute atomic E-state index is 0.0407. The van der Waals surface area contributed by atoms with Crippen LogP contribution in [0.25, 0.3) is 0 Å². The van der Waals surface area contributed by atoms with Crippen molar-refractivity contribution < 1.29 is 0 Å². The summed E-state index contributed by atoms with van der Waals surface area (Å²) < 4.78 is 0. The van der Waals surface area contributed by atoms with Crippen LogP contribution in [0.4, 0.5) is 0 Å². The molecule has 1 aliphatic carbocycles. The molecule has 0 heteroatoms. The summed E-state index contributed by atoms with van der Waals surface area (Å²) in [5, 5.41) is 0. The zero-order valence-corrected chi connectivity index (χ0v) is 16.4. The fourth-order valence-corrected chi connectivity index (χ4v) is 4.88. The third-order valence-corrected chi connectivity index (χ3v) is 5.89. The van der Waals surface area contributed by atoms with Gasteiger partial charge in [-0.3, -0.25) is 0 Å². The van der Waals surface area contributed by atoms with Gasteiger partial charge in [0.15, 0.2) is 0 Å². The Morgan fingerprint density at radius 1 is 0.720 bits per heavy atom. The predicted octanol–water partition coefficient (Wildman–Crippen LogP) is 6.93. The van der Waals surface area contributed by atoms with Crippen LogP contribution in [0.1, 0.15) is 52.7 Å². The number of benzene rings is 2. The third-order valence-electron chi connectivity index (χ3n) is 5.89. The topological polar surface area (TPSA) is 0 Å². The summed E-state index contributed by atoms with van der Waals surface area (Å²) in [4.78, 5) is 0. The molecule has 0 aliphatic heterocycles. The lowest BCUT2D eigenvalue weighted by Crippen LogP contribution is -2.44. The molecular weight excluding hydrogens is 300 g/mol. The molecule has 0 saturated heterocycles. The summed E-state index contributed by atoms with van der Waals surface area (Å²) in [6.45, 7) is 14.1. The third kappa shape index (κ3) is 2.68. The quantitative estimate of drug-likeness (QED) is 0.572. The van der Waals surface area contributed by atoms with E-state index in [1.165, 1.54) is 22.3 Å². The molecule has 0 spiro atoms. The van der Waals surface area contributed by atoms with Crippen molar-refractivity contribution in [3.8, 4) is 0 Å². The second-order valence-corrected chi connectivity index (χ2v) is 8.41. The van der Waals surface area contributed by atoms with Gasteiger partial charge in [0.25, 0.3) is 0 Å². The van der Waals surface area contributed by atoms with E-state index in [9.17, 15) is 0 Å². The number of allylic oxidation sites excluding steroid dienone is 4. The van der Waals surface area contributed by atoms with Crippen molar-refractivity contribution >= 4 is 0 Å². The molecule has 1 aliphatic rings. The number of rotatable bonds is 3. The van der Waals surface area contributed by atoms with Gasteiger partial charge in [-0.1, -0.05) is 100 Å². The average molecular weight is 331 g/mol. The van der Waals surface area contributed by atoms with E-state index in [1.807, 2.05) is 0 Å². The van der Waals surface area contributed by atoms with Crippen molar-refractivity contribution in [2.24, 2.45) is 11.3 Å². The van der Waals surface area contributed by atoms with Gasteiger partial charge < -0.3 is 0 Å². The highest BCUT2D eigenvalue weighted by Gasteiger charge is 2.50. The maximum absolute atomic E-state index is 2.43. The van der Waals surface area contributed by atoms with Crippen molar-refractivity contribution in [3.63, 3.8) is 0 Å². The molecule has 0 nitrogen and oxygen atoms in total. The van der Waals surface area contributed by atoms with Crippen LogP contribution in [0.15, 0.2) is 83.5 Å². The molecule has 2 aromatic rings. The lowest BCUT2D eigenvalue weighted by molar-refractivity contribution is 0.256. The molecule has 0 radical (unpaired) electrons. The van der Waals surface area contributed by atoms with E-state index in [4.69, 9.17) is 0 Å². The van der Waals surface area contributed by atoms with Gasteiger partial charge >= 0.3 is 0 Å². The first-order chi connectivity index (χ1) is 11.8. The molecule has 0 aromatic heterocycles. The van der Waals surface area contributed by atoms with E-state index >= 15 is 0 Å². The molecule has 0 N–H and O–H groups in total. The van der Waals surface area contributed by atoms with Gasteiger partial charge in [-0.2, -0.15) is 0 Å². The van der Waals surface area contributed by atoms with Gasteiger partial charge in [-0.05, 0) is 47.5 Å². The van der Waals surface area contributed by atoms with Crippen molar-refractivity contribution in [1.82, 2.24) is 0 Å². The van der Waals surface area contributed by atoms with Crippen LogP contribution in [-0.4, -0.2) is 0 Å². The minimum Gasteiger partial charge on any atom is -0.0744 e. The molecule has 2 aromatic carbocycles. The molecule has 0 bridgehead atoms. The summed E-state index contributed by atoms with van der Waals surface area (Å²) in [5.41, 5.74) is 7.09. The highest BCUT2D eigenvalue weighted by Crippen LogP contribution is 2.57. The van der Waals surface area contributed by atoms with Crippen LogP contribution in [0.5, 0.6) is 0 Å². The van der Waals surface area contributed by atoms with E-state index in [-0.39, 0.29) is 10.8 Å². The maximum atomic E-state index is 2.43. The van der Waals surface area contributed by atoms with Gasteiger partial charge in [0, 0.05) is 5.41 Å². The number of hydrogen-bond donors (Lipinski definition) is 0. The zero-order chi connectivity index (χ0) is 18.2. The summed E-state index contributed by atoms with van der Waals surface area (Å²) >= 11 is 0. The largest absolute Gasteiger partial charge is 0.0744 e. The first kappa shape index (κ1) is 17.7. The smallest absolute Gasteiger partial charge is 0.0470 e. The lowest BCUT2D eigenvalue weighted by Gasteiger charge is -2.49. The summed E-state index contributed by atoms with van der Waals surface area (Å²) in [6.07, 6.45) is 2.43. The second-order valence-electron chi connectivity index (χ2n) is 8.41.